The number of nitrogens with one attached hydrogen (secondary N) is 1. The van der Waals surface area contributed by atoms with Gasteiger partial charge in [-0.3, -0.25) is 4.79 Å². The number of imidazole rings is 1. The fourth-order valence-corrected chi connectivity index (χ4v) is 0.971. The predicted molar refractivity (Wildman–Crippen MR) is 52.1 cm³/mol. The molecule has 0 bridgehead atoms. The number of rotatable bonds is 2. The third kappa shape index (κ3) is 1.94. The number of carbonyl (C=O) groups is 1. The predicted octanol–water partition coefficient (Wildman–Crippen LogP) is -0.825. The molecule has 0 radical (unpaired) electrons. The highest BCUT2D eigenvalue weighted by molar-refractivity contribution is 7.80. The van der Waals surface area contributed by atoms with Crippen LogP contribution >= 0.6 is 12.2 Å². The average Bonchev–Trinajstić information content (AvgIpc) is 2.32. The number of aryl methyl sites for hydroxylation is 1. The molecule has 0 aliphatic carbocycles. The van der Waals surface area contributed by atoms with Crippen LogP contribution in [-0.2, 0) is 7.05 Å². The molecular formula is C6H9N5OS. The van der Waals surface area contributed by atoms with E-state index in [1.165, 1.54) is 6.33 Å². The first-order valence-corrected chi connectivity index (χ1v) is 3.80. The molecule has 70 valence electrons. The lowest BCUT2D eigenvalue weighted by atomic mass is 10.4. The number of amides is 1. The minimum Gasteiger partial charge on any atom is -0.376 e. The van der Waals surface area contributed by atoms with Crippen LogP contribution in [0.4, 0.5) is 5.82 Å². The summed E-state index contributed by atoms with van der Waals surface area (Å²) in [7, 11) is 1.69. The van der Waals surface area contributed by atoms with E-state index < -0.39 is 5.91 Å². The Kier molecular flexibility index (Phi) is 2.47. The Bertz CT molecular complexity index is 358. The summed E-state index contributed by atoms with van der Waals surface area (Å²) in [5.74, 6) is -0.223. The van der Waals surface area contributed by atoms with E-state index in [1.54, 1.807) is 11.6 Å². The highest BCUT2D eigenvalue weighted by Crippen LogP contribution is 2.11. The normalized spacial score (nSPS) is 9.62. The summed E-state index contributed by atoms with van der Waals surface area (Å²) in [6.45, 7) is 0. The molecule has 0 aromatic carbocycles. The Morgan fingerprint density at radius 3 is 2.77 bits per heavy atom. The van der Waals surface area contributed by atoms with Gasteiger partial charge in [-0.2, -0.15) is 0 Å². The number of nitrogens with zero attached hydrogens (tertiary/aromatic N) is 2. The highest BCUT2D eigenvalue weighted by atomic mass is 32.1. The van der Waals surface area contributed by atoms with Gasteiger partial charge in [-0.15, -0.1) is 0 Å². The van der Waals surface area contributed by atoms with E-state index in [1.807, 2.05) is 0 Å². The van der Waals surface area contributed by atoms with Crippen molar-refractivity contribution in [2.75, 3.05) is 5.32 Å². The summed E-state index contributed by atoms with van der Waals surface area (Å²) < 4.78 is 1.57. The summed E-state index contributed by atoms with van der Waals surface area (Å²) in [4.78, 5) is 14.6. The molecule has 0 fully saturated rings. The van der Waals surface area contributed by atoms with Crippen molar-refractivity contribution in [3.8, 4) is 0 Å². The van der Waals surface area contributed by atoms with Gasteiger partial charge in [-0.25, -0.2) is 4.98 Å². The molecule has 1 aromatic rings. The molecule has 6 nitrogen and oxygen atoms in total. The zero-order valence-corrected chi connectivity index (χ0v) is 7.76. The highest BCUT2D eigenvalue weighted by Gasteiger charge is 2.13. The second-order valence-corrected chi connectivity index (χ2v) is 2.85. The summed E-state index contributed by atoms with van der Waals surface area (Å²) in [5, 5.41) is 2.67. The molecule has 0 spiro atoms. The van der Waals surface area contributed by atoms with Crippen LogP contribution in [0.5, 0.6) is 0 Å². The van der Waals surface area contributed by atoms with Crippen LogP contribution in [0.2, 0.25) is 0 Å². The van der Waals surface area contributed by atoms with Gasteiger partial charge in [-0.1, -0.05) is 0 Å². The Labute approximate surface area is 79.9 Å². The van der Waals surface area contributed by atoms with E-state index in [4.69, 9.17) is 11.5 Å². The van der Waals surface area contributed by atoms with E-state index in [-0.39, 0.29) is 10.8 Å². The topological polar surface area (TPSA) is 99.0 Å². The Morgan fingerprint density at radius 2 is 2.31 bits per heavy atom. The summed E-state index contributed by atoms with van der Waals surface area (Å²) in [5.41, 5.74) is 10.4. The number of carbonyl (C=O) groups excluding carboxylic acids is 1. The molecule has 1 rings (SSSR count). The second-order valence-electron chi connectivity index (χ2n) is 2.41. The van der Waals surface area contributed by atoms with Crippen molar-refractivity contribution < 1.29 is 4.79 Å². The Morgan fingerprint density at radius 1 is 1.69 bits per heavy atom. The lowest BCUT2D eigenvalue weighted by Gasteiger charge is -2.04. The van der Waals surface area contributed by atoms with Gasteiger partial charge in [0.15, 0.2) is 10.8 Å². The molecule has 0 atom stereocenters. The minimum absolute atomic E-state index is 0.0612. The molecule has 0 aliphatic rings. The quantitative estimate of drug-likeness (QED) is 0.540. The molecule has 1 heterocycles. The van der Waals surface area contributed by atoms with Gasteiger partial charge in [0.2, 0.25) is 0 Å². The van der Waals surface area contributed by atoms with Gasteiger partial charge >= 0.3 is 0 Å². The van der Waals surface area contributed by atoms with Crippen LogP contribution in [-0.4, -0.2) is 20.6 Å². The standard InChI is InChI=1S/C6H9N5OS/c1-11-2-9-3(4(7)12)5(11)10-6(8)13/h2H,1H3,(H2,7,12)(H3,8,10,13). The monoisotopic (exact) mass is 199 g/mol. The van der Waals surface area contributed by atoms with Gasteiger partial charge in [-0.05, 0) is 12.2 Å². The minimum atomic E-state index is -0.626. The number of anilines is 1. The zero-order valence-electron chi connectivity index (χ0n) is 6.94. The number of hydrogen-bond acceptors (Lipinski definition) is 3. The summed E-state index contributed by atoms with van der Waals surface area (Å²) in [6, 6.07) is 0. The molecule has 1 amide bonds. The van der Waals surface area contributed by atoms with Gasteiger partial charge in [0.1, 0.15) is 5.82 Å². The van der Waals surface area contributed by atoms with Crippen LogP contribution in [0.3, 0.4) is 0 Å². The van der Waals surface area contributed by atoms with Crippen molar-refractivity contribution in [2.24, 2.45) is 18.5 Å². The number of primary amides is 1. The van der Waals surface area contributed by atoms with Crippen LogP contribution in [0.25, 0.3) is 0 Å². The largest absolute Gasteiger partial charge is 0.376 e. The van der Waals surface area contributed by atoms with Gasteiger partial charge in [0.25, 0.3) is 5.91 Å². The van der Waals surface area contributed by atoms with Crippen LogP contribution in [0, 0.1) is 0 Å². The SMILES string of the molecule is Cn1cnc(C(N)=O)c1NC(N)=S. The van der Waals surface area contributed by atoms with E-state index in [2.05, 4.69) is 22.5 Å². The van der Waals surface area contributed by atoms with E-state index >= 15 is 0 Å². The molecular weight excluding hydrogens is 190 g/mol. The first kappa shape index (κ1) is 9.46. The summed E-state index contributed by atoms with van der Waals surface area (Å²) >= 11 is 4.62. The van der Waals surface area contributed by atoms with Crippen LogP contribution in [0.1, 0.15) is 10.5 Å². The van der Waals surface area contributed by atoms with Crippen molar-refractivity contribution in [2.45, 2.75) is 0 Å². The number of nitrogens with two attached hydrogens (primary N) is 2. The van der Waals surface area contributed by atoms with Crippen LogP contribution < -0.4 is 16.8 Å². The molecule has 7 heteroatoms. The van der Waals surface area contributed by atoms with E-state index in [9.17, 15) is 4.79 Å². The third-order valence-corrected chi connectivity index (χ3v) is 1.51. The molecule has 0 aliphatic heterocycles. The molecule has 13 heavy (non-hydrogen) atoms. The second kappa shape index (κ2) is 3.40. The van der Waals surface area contributed by atoms with Gasteiger partial charge in [0.05, 0.1) is 6.33 Å². The maximum Gasteiger partial charge on any atom is 0.271 e. The fraction of sp³-hybridized carbons (Fsp3) is 0.167. The third-order valence-electron chi connectivity index (χ3n) is 1.41. The Hall–Kier alpha value is -1.63. The number of hydrogen-bond donors (Lipinski definition) is 3. The van der Waals surface area contributed by atoms with Crippen LogP contribution in [0.15, 0.2) is 6.33 Å². The van der Waals surface area contributed by atoms with Crippen molar-refractivity contribution >= 4 is 29.1 Å². The lowest BCUT2D eigenvalue weighted by Crippen LogP contribution is -2.23. The van der Waals surface area contributed by atoms with E-state index in [0.29, 0.717) is 5.82 Å². The molecule has 5 N–H and O–H groups in total. The van der Waals surface area contributed by atoms with Gasteiger partial charge in [0, 0.05) is 7.05 Å². The fourth-order valence-electron chi connectivity index (χ4n) is 0.875. The smallest absolute Gasteiger partial charge is 0.271 e. The molecule has 0 saturated heterocycles. The zero-order chi connectivity index (χ0) is 10.0. The number of aromatic nitrogens is 2. The molecule has 1 aromatic heterocycles. The van der Waals surface area contributed by atoms with Gasteiger partial charge < -0.3 is 21.4 Å². The molecule has 0 saturated carbocycles. The maximum absolute atomic E-state index is 10.8. The first-order chi connectivity index (χ1) is 6.02. The molecule has 0 unspecified atom stereocenters. The Balaban J connectivity index is 3.08. The van der Waals surface area contributed by atoms with Crippen molar-refractivity contribution in [1.29, 1.82) is 0 Å². The van der Waals surface area contributed by atoms with Crippen molar-refractivity contribution in [1.82, 2.24) is 9.55 Å². The van der Waals surface area contributed by atoms with Crippen molar-refractivity contribution in [3.63, 3.8) is 0 Å². The summed E-state index contributed by atoms with van der Waals surface area (Å²) in [6.07, 6.45) is 1.45. The average molecular weight is 199 g/mol. The maximum atomic E-state index is 10.8. The van der Waals surface area contributed by atoms with E-state index in [0.717, 1.165) is 0 Å². The van der Waals surface area contributed by atoms with Crippen molar-refractivity contribution in [3.05, 3.63) is 12.0 Å². The number of thiocarbonyl (C=S) groups is 1. The first-order valence-electron chi connectivity index (χ1n) is 3.40. The lowest BCUT2D eigenvalue weighted by molar-refractivity contribution is 0.0997.